The summed E-state index contributed by atoms with van der Waals surface area (Å²) in [7, 11) is 1.74. The first-order chi connectivity index (χ1) is 9.19. The standard InChI is InChI=1S/C14H21Br2NO2/c1-3-19-14-11(8-12(15)9-13(14)16)10-17-6-4-5-7-18-2/h8-9,17H,3-7,10H2,1-2H3. The van der Waals surface area contributed by atoms with Crippen molar-refractivity contribution in [3.63, 3.8) is 0 Å². The van der Waals surface area contributed by atoms with Gasteiger partial charge in [-0.2, -0.15) is 0 Å². The molecule has 1 rings (SSSR count). The molecule has 0 aliphatic rings. The van der Waals surface area contributed by atoms with Crippen LogP contribution in [-0.4, -0.2) is 26.9 Å². The Hall–Kier alpha value is -0.100. The van der Waals surface area contributed by atoms with Crippen molar-refractivity contribution in [3.8, 4) is 5.75 Å². The van der Waals surface area contributed by atoms with Crippen LogP contribution in [0.25, 0.3) is 0 Å². The summed E-state index contributed by atoms with van der Waals surface area (Å²) in [6.45, 7) is 5.28. The molecule has 0 aliphatic heterocycles. The molecular weight excluding hydrogens is 374 g/mol. The van der Waals surface area contributed by atoms with E-state index in [-0.39, 0.29) is 0 Å². The molecule has 108 valence electrons. The second kappa shape index (κ2) is 9.75. The number of unbranched alkanes of at least 4 members (excludes halogenated alkanes) is 1. The molecule has 19 heavy (non-hydrogen) atoms. The Morgan fingerprint density at radius 3 is 2.68 bits per heavy atom. The Kier molecular flexibility index (Phi) is 8.70. The Bertz CT molecular complexity index is 386. The monoisotopic (exact) mass is 393 g/mol. The van der Waals surface area contributed by atoms with E-state index in [0.717, 1.165) is 52.8 Å². The molecule has 0 unspecified atom stereocenters. The lowest BCUT2D eigenvalue weighted by Crippen LogP contribution is -2.16. The molecule has 0 atom stereocenters. The van der Waals surface area contributed by atoms with Gasteiger partial charge in [0.1, 0.15) is 5.75 Å². The van der Waals surface area contributed by atoms with E-state index in [0.29, 0.717) is 6.61 Å². The Morgan fingerprint density at radius 1 is 1.21 bits per heavy atom. The molecule has 0 fully saturated rings. The van der Waals surface area contributed by atoms with Crippen molar-refractivity contribution in [3.05, 3.63) is 26.6 Å². The van der Waals surface area contributed by atoms with Gasteiger partial charge in [-0.1, -0.05) is 15.9 Å². The van der Waals surface area contributed by atoms with Crippen molar-refractivity contribution >= 4 is 31.9 Å². The third-order valence-corrected chi connectivity index (χ3v) is 3.69. The number of rotatable bonds is 9. The fourth-order valence-corrected chi connectivity index (χ4v) is 3.20. The summed E-state index contributed by atoms with van der Waals surface area (Å²) in [6, 6.07) is 4.10. The third kappa shape index (κ3) is 6.25. The largest absolute Gasteiger partial charge is 0.492 e. The van der Waals surface area contributed by atoms with Crippen molar-refractivity contribution in [1.29, 1.82) is 0 Å². The minimum atomic E-state index is 0.668. The average Bonchev–Trinajstić information content (AvgIpc) is 2.37. The van der Waals surface area contributed by atoms with Crippen LogP contribution in [0.2, 0.25) is 0 Å². The van der Waals surface area contributed by atoms with Crippen LogP contribution in [0.1, 0.15) is 25.3 Å². The maximum atomic E-state index is 5.69. The molecule has 0 heterocycles. The van der Waals surface area contributed by atoms with Gasteiger partial charge in [0, 0.05) is 30.3 Å². The SMILES string of the molecule is CCOc1c(Br)cc(Br)cc1CNCCCCOC. The highest BCUT2D eigenvalue weighted by atomic mass is 79.9. The lowest BCUT2D eigenvalue weighted by Gasteiger charge is -2.13. The smallest absolute Gasteiger partial charge is 0.138 e. The number of nitrogens with one attached hydrogen (secondary N) is 1. The van der Waals surface area contributed by atoms with Crippen LogP contribution in [0, 0.1) is 0 Å². The lowest BCUT2D eigenvalue weighted by atomic mass is 10.2. The summed E-state index contributed by atoms with van der Waals surface area (Å²) in [4.78, 5) is 0. The topological polar surface area (TPSA) is 30.5 Å². The Balaban J connectivity index is 2.51. The first-order valence-corrected chi connectivity index (χ1v) is 8.08. The number of hydrogen-bond acceptors (Lipinski definition) is 3. The molecule has 0 aliphatic carbocycles. The van der Waals surface area contributed by atoms with Gasteiger partial charge < -0.3 is 14.8 Å². The minimum absolute atomic E-state index is 0.668. The zero-order valence-electron chi connectivity index (χ0n) is 11.5. The molecule has 1 aromatic rings. The zero-order valence-corrected chi connectivity index (χ0v) is 14.6. The molecule has 0 bridgehead atoms. The number of methoxy groups -OCH3 is 1. The van der Waals surface area contributed by atoms with E-state index in [1.807, 2.05) is 13.0 Å². The van der Waals surface area contributed by atoms with Crippen LogP contribution in [0.3, 0.4) is 0 Å². The average molecular weight is 395 g/mol. The van der Waals surface area contributed by atoms with Gasteiger partial charge in [-0.25, -0.2) is 0 Å². The summed E-state index contributed by atoms with van der Waals surface area (Å²) >= 11 is 7.05. The fourth-order valence-electron chi connectivity index (χ4n) is 1.77. The zero-order chi connectivity index (χ0) is 14.1. The Morgan fingerprint density at radius 2 is 2.00 bits per heavy atom. The third-order valence-electron chi connectivity index (χ3n) is 2.64. The second-order valence-electron chi connectivity index (χ2n) is 4.19. The van der Waals surface area contributed by atoms with E-state index >= 15 is 0 Å². The van der Waals surface area contributed by atoms with Crippen LogP contribution >= 0.6 is 31.9 Å². The highest BCUT2D eigenvalue weighted by Gasteiger charge is 2.09. The molecule has 1 N–H and O–H groups in total. The van der Waals surface area contributed by atoms with Crippen molar-refractivity contribution in [1.82, 2.24) is 5.32 Å². The van der Waals surface area contributed by atoms with E-state index in [2.05, 4.69) is 43.2 Å². The molecule has 5 heteroatoms. The molecule has 0 amide bonds. The second-order valence-corrected chi connectivity index (χ2v) is 5.96. The van der Waals surface area contributed by atoms with Crippen LogP contribution < -0.4 is 10.1 Å². The maximum absolute atomic E-state index is 5.69. The van der Waals surface area contributed by atoms with E-state index in [1.165, 1.54) is 0 Å². The fraction of sp³-hybridized carbons (Fsp3) is 0.571. The molecular formula is C14H21Br2NO2. The summed E-state index contributed by atoms with van der Waals surface area (Å²) in [6.07, 6.45) is 2.21. The van der Waals surface area contributed by atoms with E-state index in [9.17, 15) is 0 Å². The predicted molar refractivity (Wildman–Crippen MR) is 85.8 cm³/mol. The van der Waals surface area contributed by atoms with Gasteiger partial charge in [0.2, 0.25) is 0 Å². The molecule has 0 saturated heterocycles. The number of halogens is 2. The van der Waals surface area contributed by atoms with Gasteiger partial charge in [0.15, 0.2) is 0 Å². The van der Waals surface area contributed by atoms with E-state index in [1.54, 1.807) is 7.11 Å². The van der Waals surface area contributed by atoms with Gasteiger partial charge in [-0.15, -0.1) is 0 Å². The molecule has 0 saturated carbocycles. The summed E-state index contributed by atoms with van der Waals surface area (Å²) in [5, 5.41) is 3.44. The lowest BCUT2D eigenvalue weighted by molar-refractivity contribution is 0.192. The quantitative estimate of drug-likeness (QED) is 0.639. The van der Waals surface area contributed by atoms with Crippen molar-refractivity contribution < 1.29 is 9.47 Å². The van der Waals surface area contributed by atoms with Crippen LogP contribution in [-0.2, 0) is 11.3 Å². The van der Waals surface area contributed by atoms with E-state index < -0.39 is 0 Å². The van der Waals surface area contributed by atoms with E-state index in [4.69, 9.17) is 9.47 Å². The first-order valence-electron chi connectivity index (χ1n) is 6.49. The van der Waals surface area contributed by atoms with Crippen LogP contribution in [0.4, 0.5) is 0 Å². The maximum Gasteiger partial charge on any atom is 0.138 e. The first kappa shape index (κ1) is 17.0. The molecule has 0 aromatic heterocycles. The van der Waals surface area contributed by atoms with Gasteiger partial charge in [-0.05, 0) is 54.4 Å². The summed E-state index contributed by atoms with van der Waals surface area (Å²) < 4.78 is 12.8. The van der Waals surface area contributed by atoms with Crippen LogP contribution in [0.15, 0.2) is 21.1 Å². The van der Waals surface area contributed by atoms with Gasteiger partial charge >= 0.3 is 0 Å². The van der Waals surface area contributed by atoms with Crippen molar-refractivity contribution in [2.75, 3.05) is 26.9 Å². The molecule has 0 spiro atoms. The number of benzene rings is 1. The minimum Gasteiger partial charge on any atom is -0.492 e. The Labute approximate surface area is 132 Å². The highest BCUT2D eigenvalue weighted by Crippen LogP contribution is 2.32. The predicted octanol–water partition coefficient (Wildman–Crippen LogP) is 4.13. The normalized spacial score (nSPS) is 10.7. The molecule has 0 radical (unpaired) electrons. The number of hydrogen-bond donors (Lipinski definition) is 1. The van der Waals surface area contributed by atoms with Gasteiger partial charge in [0.25, 0.3) is 0 Å². The number of ether oxygens (including phenoxy) is 2. The molecule has 3 nitrogen and oxygen atoms in total. The summed E-state index contributed by atoms with van der Waals surface area (Å²) in [5.74, 6) is 0.926. The van der Waals surface area contributed by atoms with Crippen molar-refractivity contribution in [2.45, 2.75) is 26.3 Å². The van der Waals surface area contributed by atoms with Gasteiger partial charge in [-0.3, -0.25) is 0 Å². The van der Waals surface area contributed by atoms with Gasteiger partial charge in [0.05, 0.1) is 11.1 Å². The highest BCUT2D eigenvalue weighted by molar-refractivity contribution is 9.11. The molecule has 1 aromatic carbocycles. The van der Waals surface area contributed by atoms with Crippen LogP contribution in [0.5, 0.6) is 5.75 Å². The van der Waals surface area contributed by atoms with Crippen molar-refractivity contribution in [2.24, 2.45) is 0 Å². The summed E-state index contributed by atoms with van der Waals surface area (Å²) in [5.41, 5.74) is 1.16.